The van der Waals surface area contributed by atoms with Gasteiger partial charge in [-0.3, -0.25) is 0 Å². The van der Waals surface area contributed by atoms with Crippen LogP contribution in [0.15, 0.2) is 47.9 Å². The van der Waals surface area contributed by atoms with E-state index in [9.17, 15) is 0 Å². The molecule has 2 aromatic rings. The first-order valence-electron chi connectivity index (χ1n) is 7.14. The number of benzene rings is 1. The van der Waals surface area contributed by atoms with Crippen LogP contribution in [0.25, 0.3) is 0 Å². The second kappa shape index (κ2) is 7.50. The van der Waals surface area contributed by atoms with E-state index in [0.29, 0.717) is 11.3 Å². The number of nitrogens with one attached hydrogen (secondary N) is 1. The number of thioether (sulfide) groups is 1. The zero-order valence-electron chi connectivity index (χ0n) is 12.4. The fourth-order valence-electron chi connectivity index (χ4n) is 2.21. The molecule has 2 atom stereocenters. The SMILES string of the molecule is CCCNC(c1ccccc1)C(C)Sc1nccn1C. The fourth-order valence-corrected chi connectivity index (χ4v) is 3.29. The van der Waals surface area contributed by atoms with Crippen molar-refractivity contribution in [3.63, 3.8) is 0 Å². The Morgan fingerprint density at radius 2 is 2.05 bits per heavy atom. The first-order valence-corrected chi connectivity index (χ1v) is 8.02. The standard InChI is InChI=1S/C16H23N3S/c1-4-10-17-15(14-8-6-5-7-9-14)13(2)20-16-18-11-12-19(16)3/h5-9,11-13,15,17H,4,10H2,1-3H3. The summed E-state index contributed by atoms with van der Waals surface area (Å²) in [5.41, 5.74) is 1.34. The smallest absolute Gasteiger partial charge is 0.167 e. The molecule has 0 amide bonds. The lowest BCUT2D eigenvalue weighted by Crippen LogP contribution is -2.29. The predicted octanol–water partition coefficient (Wildman–Crippen LogP) is 3.64. The second-order valence-corrected chi connectivity index (χ2v) is 6.33. The maximum atomic E-state index is 4.41. The lowest BCUT2D eigenvalue weighted by molar-refractivity contribution is 0.527. The third-order valence-corrected chi connectivity index (χ3v) is 4.56. The van der Waals surface area contributed by atoms with Crippen LogP contribution in [-0.4, -0.2) is 21.3 Å². The fraction of sp³-hybridized carbons (Fsp3) is 0.438. The number of aromatic nitrogens is 2. The molecule has 0 aliphatic rings. The van der Waals surface area contributed by atoms with Crippen LogP contribution in [0.4, 0.5) is 0 Å². The Bertz CT molecular complexity index is 509. The molecule has 0 aliphatic heterocycles. The van der Waals surface area contributed by atoms with E-state index in [4.69, 9.17) is 0 Å². The molecule has 1 N–H and O–H groups in total. The summed E-state index contributed by atoms with van der Waals surface area (Å²) in [5.74, 6) is 0. The molecule has 0 spiro atoms. The largest absolute Gasteiger partial charge is 0.329 e. The molecule has 0 aliphatic carbocycles. The molecule has 2 rings (SSSR count). The molecule has 1 aromatic heterocycles. The van der Waals surface area contributed by atoms with Gasteiger partial charge in [0, 0.05) is 30.7 Å². The lowest BCUT2D eigenvalue weighted by Gasteiger charge is -2.25. The molecule has 0 saturated carbocycles. The van der Waals surface area contributed by atoms with E-state index in [0.717, 1.165) is 18.1 Å². The Hall–Kier alpha value is -1.26. The van der Waals surface area contributed by atoms with Crippen molar-refractivity contribution in [1.29, 1.82) is 0 Å². The summed E-state index contributed by atoms with van der Waals surface area (Å²) in [7, 11) is 2.04. The molecule has 4 heteroatoms. The molecule has 108 valence electrons. The maximum absolute atomic E-state index is 4.41. The monoisotopic (exact) mass is 289 g/mol. The van der Waals surface area contributed by atoms with Crippen LogP contribution < -0.4 is 5.32 Å². The Morgan fingerprint density at radius 3 is 2.65 bits per heavy atom. The summed E-state index contributed by atoms with van der Waals surface area (Å²) >= 11 is 1.82. The van der Waals surface area contributed by atoms with Gasteiger partial charge in [0.05, 0.1) is 0 Å². The predicted molar refractivity (Wildman–Crippen MR) is 86.0 cm³/mol. The van der Waals surface area contributed by atoms with Gasteiger partial charge in [-0.15, -0.1) is 0 Å². The van der Waals surface area contributed by atoms with Gasteiger partial charge in [0.25, 0.3) is 0 Å². The molecule has 1 aromatic carbocycles. The summed E-state index contributed by atoms with van der Waals surface area (Å²) < 4.78 is 2.07. The molecular formula is C16H23N3S. The van der Waals surface area contributed by atoms with Gasteiger partial charge < -0.3 is 9.88 Å². The van der Waals surface area contributed by atoms with Gasteiger partial charge in [0.1, 0.15) is 0 Å². The van der Waals surface area contributed by atoms with Gasteiger partial charge in [-0.05, 0) is 18.5 Å². The average Bonchev–Trinajstić information content (AvgIpc) is 2.86. The van der Waals surface area contributed by atoms with Crippen LogP contribution in [0.3, 0.4) is 0 Å². The summed E-state index contributed by atoms with van der Waals surface area (Å²) in [6, 6.07) is 11.0. The third kappa shape index (κ3) is 3.87. The van der Waals surface area contributed by atoms with Gasteiger partial charge in [0.15, 0.2) is 5.16 Å². The Kier molecular flexibility index (Phi) is 5.68. The van der Waals surface area contributed by atoms with Gasteiger partial charge in [-0.1, -0.05) is 55.9 Å². The molecule has 20 heavy (non-hydrogen) atoms. The Labute approximate surface area is 125 Å². The summed E-state index contributed by atoms with van der Waals surface area (Å²) in [6.07, 6.45) is 4.99. The summed E-state index contributed by atoms with van der Waals surface area (Å²) in [5, 5.41) is 5.15. The Balaban J connectivity index is 2.12. The molecular weight excluding hydrogens is 266 g/mol. The van der Waals surface area contributed by atoms with E-state index >= 15 is 0 Å². The van der Waals surface area contributed by atoms with E-state index in [1.165, 1.54) is 5.56 Å². The van der Waals surface area contributed by atoms with Crippen molar-refractivity contribution in [3.8, 4) is 0 Å². The zero-order valence-corrected chi connectivity index (χ0v) is 13.2. The number of aryl methyl sites for hydroxylation is 1. The average molecular weight is 289 g/mol. The second-order valence-electron chi connectivity index (χ2n) is 4.99. The van der Waals surface area contributed by atoms with Crippen molar-refractivity contribution in [2.75, 3.05) is 6.54 Å². The van der Waals surface area contributed by atoms with Crippen LogP contribution in [0, 0.1) is 0 Å². The van der Waals surface area contributed by atoms with Crippen LogP contribution in [0.1, 0.15) is 31.9 Å². The van der Waals surface area contributed by atoms with Gasteiger partial charge >= 0.3 is 0 Å². The Morgan fingerprint density at radius 1 is 1.30 bits per heavy atom. The van der Waals surface area contributed by atoms with Gasteiger partial charge in [-0.2, -0.15) is 0 Å². The molecule has 3 nitrogen and oxygen atoms in total. The van der Waals surface area contributed by atoms with Crippen LogP contribution in [-0.2, 0) is 7.05 Å². The van der Waals surface area contributed by atoms with Crippen LogP contribution in [0.2, 0.25) is 0 Å². The molecule has 0 fully saturated rings. The number of hydrogen-bond donors (Lipinski definition) is 1. The van der Waals surface area contributed by atoms with Crippen molar-refractivity contribution in [2.45, 2.75) is 36.7 Å². The van der Waals surface area contributed by atoms with Gasteiger partial charge in [0.2, 0.25) is 0 Å². The van der Waals surface area contributed by atoms with Crippen LogP contribution in [0.5, 0.6) is 0 Å². The molecule has 0 bridgehead atoms. The van der Waals surface area contributed by atoms with E-state index in [1.807, 2.05) is 31.2 Å². The normalized spacial score (nSPS) is 14.2. The maximum Gasteiger partial charge on any atom is 0.167 e. The van der Waals surface area contributed by atoms with Crippen LogP contribution >= 0.6 is 11.8 Å². The molecule has 0 radical (unpaired) electrons. The summed E-state index contributed by atoms with van der Waals surface area (Å²) in [4.78, 5) is 4.41. The minimum absolute atomic E-state index is 0.345. The highest BCUT2D eigenvalue weighted by Crippen LogP contribution is 2.30. The highest BCUT2D eigenvalue weighted by molar-refractivity contribution is 7.99. The number of rotatable bonds is 7. The van der Waals surface area contributed by atoms with E-state index in [1.54, 1.807) is 0 Å². The van der Waals surface area contributed by atoms with Crippen molar-refractivity contribution in [1.82, 2.24) is 14.9 Å². The lowest BCUT2D eigenvalue weighted by atomic mass is 10.0. The third-order valence-electron chi connectivity index (χ3n) is 3.31. The van der Waals surface area contributed by atoms with E-state index in [-0.39, 0.29) is 0 Å². The molecule has 2 unspecified atom stereocenters. The van der Waals surface area contributed by atoms with E-state index in [2.05, 4.69) is 59.0 Å². The number of hydrogen-bond acceptors (Lipinski definition) is 3. The highest BCUT2D eigenvalue weighted by Gasteiger charge is 2.20. The van der Waals surface area contributed by atoms with E-state index < -0.39 is 0 Å². The zero-order chi connectivity index (χ0) is 14.4. The van der Waals surface area contributed by atoms with Crippen molar-refractivity contribution in [3.05, 3.63) is 48.3 Å². The number of imidazole rings is 1. The quantitative estimate of drug-likeness (QED) is 0.789. The highest BCUT2D eigenvalue weighted by atomic mass is 32.2. The minimum Gasteiger partial charge on any atom is -0.329 e. The molecule has 0 saturated heterocycles. The van der Waals surface area contributed by atoms with Gasteiger partial charge in [-0.25, -0.2) is 4.98 Å². The van der Waals surface area contributed by atoms with Crippen molar-refractivity contribution in [2.24, 2.45) is 7.05 Å². The topological polar surface area (TPSA) is 29.9 Å². The minimum atomic E-state index is 0.345. The first kappa shape index (κ1) is 15.1. The van der Waals surface area contributed by atoms with Crippen molar-refractivity contribution >= 4 is 11.8 Å². The van der Waals surface area contributed by atoms with Crippen molar-refractivity contribution < 1.29 is 0 Å². The first-order chi connectivity index (χ1) is 9.72. The number of nitrogens with zero attached hydrogens (tertiary/aromatic N) is 2. The molecule has 1 heterocycles. The summed E-state index contributed by atoms with van der Waals surface area (Å²) in [6.45, 7) is 5.50.